The molecule has 3 rings (SSSR count). The van der Waals surface area contributed by atoms with E-state index in [0.717, 1.165) is 11.3 Å². The number of methoxy groups -OCH3 is 1. The molecule has 132 valence electrons. The number of halogens is 1. The van der Waals surface area contributed by atoms with Crippen LogP contribution < -0.4 is 15.4 Å². The second kappa shape index (κ2) is 7.84. The molecular weight excluding hydrogens is 352 g/mol. The zero-order chi connectivity index (χ0) is 18.5. The molecular formula is C19H17ClN4O2. The lowest BCUT2D eigenvalue weighted by atomic mass is 10.2. The highest BCUT2D eigenvalue weighted by atomic mass is 35.5. The van der Waals surface area contributed by atoms with Crippen molar-refractivity contribution >= 4 is 34.7 Å². The van der Waals surface area contributed by atoms with E-state index in [9.17, 15) is 4.79 Å². The molecule has 0 aliphatic heterocycles. The minimum Gasteiger partial charge on any atom is -0.495 e. The number of rotatable bonds is 5. The number of carbonyl (C=O) groups excluding carboxylic acids is 1. The van der Waals surface area contributed by atoms with E-state index in [-0.39, 0.29) is 5.91 Å². The number of ether oxygens (including phenoxy) is 1. The first-order valence-corrected chi connectivity index (χ1v) is 8.23. The van der Waals surface area contributed by atoms with Gasteiger partial charge in [-0.25, -0.2) is 4.98 Å². The van der Waals surface area contributed by atoms with Crippen LogP contribution in [0, 0.1) is 6.92 Å². The topological polar surface area (TPSA) is 76.1 Å². The van der Waals surface area contributed by atoms with Crippen LogP contribution in [0.2, 0.25) is 5.02 Å². The van der Waals surface area contributed by atoms with Crippen LogP contribution in [0.25, 0.3) is 0 Å². The molecule has 2 heterocycles. The van der Waals surface area contributed by atoms with E-state index in [1.807, 2.05) is 13.0 Å². The predicted octanol–water partition coefficient (Wildman–Crippen LogP) is 4.44. The molecule has 0 bridgehead atoms. The smallest absolute Gasteiger partial charge is 0.257 e. The normalized spacial score (nSPS) is 10.3. The SMILES string of the molecule is COc1cc(Cl)c(C)cc1Nc1ccc(NC(=O)c2cccnc2)cn1. The number of aryl methyl sites for hydroxylation is 1. The first-order valence-electron chi connectivity index (χ1n) is 7.85. The van der Waals surface area contributed by atoms with Gasteiger partial charge in [-0.05, 0) is 42.8 Å². The minimum absolute atomic E-state index is 0.240. The summed E-state index contributed by atoms with van der Waals surface area (Å²) in [5, 5.41) is 6.60. The number of nitrogens with one attached hydrogen (secondary N) is 2. The van der Waals surface area contributed by atoms with Crippen LogP contribution in [0.4, 0.5) is 17.2 Å². The fourth-order valence-corrected chi connectivity index (χ4v) is 2.46. The Morgan fingerprint density at radius 2 is 2.04 bits per heavy atom. The van der Waals surface area contributed by atoms with Gasteiger partial charge in [0.05, 0.1) is 30.2 Å². The van der Waals surface area contributed by atoms with Crippen LogP contribution >= 0.6 is 11.6 Å². The van der Waals surface area contributed by atoms with E-state index >= 15 is 0 Å². The molecule has 0 atom stereocenters. The van der Waals surface area contributed by atoms with E-state index in [0.29, 0.717) is 27.8 Å². The van der Waals surface area contributed by atoms with Crippen LogP contribution in [0.5, 0.6) is 5.75 Å². The molecule has 2 aromatic heterocycles. The van der Waals surface area contributed by atoms with Gasteiger partial charge in [0.1, 0.15) is 11.6 Å². The molecule has 0 fully saturated rings. The molecule has 1 aromatic carbocycles. The number of aromatic nitrogens is 2. The molecule has 0 saturated heterocycles. The maximum atomic E-state index is 12.1. The number of hydrogen-bond donors (Lipinski definition) is 2. The van der Waals surface area contributed by atoms with Crippen molar-refractivity contribution in [2.45, 2.75) is 6.92 Å². The Morgan fingerprint density at radius 1 is 1.19 bits per heavy atom. The van der Waals surface area contributed by atoms with E-state index in [1.165, 1.54) is 6.20 Å². The Hall–Kier alpha value is -3.12. The highest BCUT2D eigenvalue weighted by Gasteiger charge is 2.09. The average molecular weight is 369 g/mol. The summed E-state index contributed by atoms with van der Waals surface area (Å²) in [5.41, 5.74) is 2.75. The third-order valence-corrected chi connectivity index (χ3v) is 4.10. The number of benzene rings is 1. The maximum absolute atomic E-state index is 12.1. The summed E-state index contributed by atoms with van der Waals surface area (Å²) in [4.78, 5) is 20.4. The number of hydrogen-bond acceptors (Lipinski definition) is 5. The lowest BCUT2D eigenvalue weighted by molar-refractivity contribution is 0.102. The molecule has 1 amide bonds. The lowest BCUT2D eigenvalue weighted by Crippen LogP contribution is -2.12. The maximum Gasteiger partial charge on any atom is 0.257 e. The van der Waals surface area contributed by atoms with Gasteiger partial charge in [0.15, 0.2) is 0 Å². The zero-order valence-corrected chi connectivity index (χ0v) is 15.0. The summed E-state index contributed by atoms with van der Waals surface area (Å²) >= 11 is 6.12. The molecule has 0 aliphatic carbocycles. The molecule has 0 aliphatic rings. The van der Waals surface area contributed by atoms with Crippen molar-refractivity contribution in [1.82, 2.24) is 9.97 Å². The first kappa shape index (κ1) is 17.7. The molecule has 6 nitrogen and oxygen atoms in total. The Labute approximate surface area is 156 Å². The first-order chi connectivity index (χ1) is 12.6. The summed E-state index contributed by atoms with van der Waals surface area (Å²) in [6, 6.07) is 10.6. The van der Waals surface area contributed by atoms with E-state index < -0.39 is 0 Å². The molecule has 7 heteroatoms. The molecule has 3 aromatic rings. The van der Waals surface area contributed by atoms with Crippen molar-refractivity contribution in [3.8, 4) is 5.75 Å². The van der Waals surface area contributed by atoms with Crippen molar-refractivity contribution < 1.29 is 9.53 Å². The summed E-state index contributed by atoms with van der Waals surface area (Å²) in [6.45, 7) is 1.91. The summed E-state index contributed by atoms with van der Waals surface area (Å²) < 4.78 is 5.34. The Kier molecular flexibility index (Phi) is 5.34. The van der Waals surface area contributed by atoms with Crippen molar-refractivity contribution in [2.75, 3.05) is 17.7 Å². The second-order valence-electron chi connectivity index (χ2n) is 5.55. The summed E-state index contributed by atoms with van der Waals surface area (Å²) in [7, 11) is 1.58. The van der Waals surface area contributed by atoms with Gasteiger partial charge in [-0.15, -0.1) is 0 Å². The predicted molar refractivity (Wildman–Crippen MR) is 102 cm³/mol. The van der Waals surface area contributed by atoms with E-state index in [4.69, 9.17) is 16.3 Å². The number of amides is 1. The van der Waals surface area contributed by atoms with E-state index in [1.54, 1.807) is 49.8 Å². The zero-order valence-electron chi connectivity index (χ0n) is 14.3. The molecule has 0 radical (unpaired) electrons. The van der Waals surface area contributed by atoms with Crippen LogP contribution in [-0.4, -0.2) is 23.0 Å². The number of anilines is 3. The quantitative estimate of drug-likeness (QED) is 0.696. The fraction of sp³-hybridized carbons (Fsp3) is 0.105. The van der Waals surface area contributed by atoms with Gasteiger partial charge >= 0.3 is 0 Å². The lowest BCUT2D eigenvalue weighted by Gasteiger charge is -2.13. The largest absolute Gasteiger partial charge is 0.495 e. The third kappa shape index (κ3) is 4.10. The highest BCUT2D eigenvalue weighted by molar-refractivity contribution is 6.31. The fourth-order valence-electron chi connectivity index (χ4n) is 2.31. The monoisotopic (exact) mass is 368 g/mol. The number of carbonyl (C=O) groups is 1. The number of nitrogens with zero attached hydrogens (tertiary/aromatic N) is 2. The van der Waals surface area contributed by atoms with Gasteiger partial charge in [0.2, 0.25) is 0 Å². The summed E-state index contributed by atoms with van der Waals surface area (Å²) in [5.74, 6) is 0.997. The second-order valence-corrected chi connectivity index (χ2v) is 5.96. The Balaban J connectivity index is 1.72. The highest BCUT2D eigenvalue weighted by Crippen LogP contribution is 2.32. The Bertz CT molecular complexity index is 915. The Morgan fingerprint density at radius 3 is 2.69 bits per heavy atom. The van der Waals surface area contributed by atoms with Crippen molar-refractivity contribution in [1.29, 1.82) is 0 Å². The van der Waals surface area contributed by atoms with Gasteiger partial charge in [0.25, 0.3) is 5.91 Å². The molecule has 0 unspecified atom stereocenters. The summed E-state index contributed by atoms with van der Waals surface area (Å²) in [6.07, 6.45) is 4.70. The molecule has 26 heavy (non-hydrogen) atoms. The third-order valence-electron chi connectivity index (χ3n) is 3.69. The van der Waals surface area contributed by atoms with Gasteiger partial charge in [-0.2, -0.15) is 0 Å². The van der Waals surface area contributed by atoms with Gasteiger partial charge in [-0.3, -0.25) is 9.78 Å². The van der Waals surface area contributed by atoms with Crippen LogP contribution in [-0.2, 0) is 0 Å². The number of pyridine rings is 2. The van der Waals surface area contributed by atoms with Gasteiger partial charge in [-0.1, -0.05) is 11.6 Å². The molecule has 0 saturated carbocycles. The standard InChI is InChI=1S/C19H17ClN4O2/c1-12-8-16(17(26-2)9-15(12)20)24-18-6-5-14(11-22-18)23-19(25)13-4-3-7-21-10-13/h3-11H,1-2H3,(H,22,24)(H,23,25). The van der Waals surface area contributed by atoms with Gasteiger partial charge < -0.3 is 15.4 Å². The molecule has 2 N–H and O–H groups in total. The molecule has 0 spiro atoms. The van der Waals surface area contributed by atoms with Crippen LogP contribution in [0.15, 0.2) is 55.0 Å². The van der Waals surface area contributed by atoms with Crippen LogP contribution in [0.1, 0.15) is 15.9 Å². The van der Waals surface area contributed by atoms with Crippen molar-refractivity contribution in [3.63, 3.8) is 0 Å². The van der Waals surface area contributed by atoms with Crippen molar-refractivity contribution in [3.05, 3.63) is 71.1 Å². The van der Waals surface area contributed by atoms with Crippen LogP contribution in [0.3, 0.4) is 0 Å². The van der Waals surface area contributed by atoms with Gasteiger partial charge in [0, 0.05) is 23.5 Å². The van der Waals surface area contributed by atoms with E-state index in [2.05, 4.69) is 20.6 Å². The van der Waals surface area contributed by atoms with Crippen molar-refractivity contribution in [2.24, 2.45) is 0 Å². The minimum atomic E-state index is -0.240. The average Bonchev–Trinajstić information content (AvgIpc) is 2.66.